The number of nitrogens with one attached hydrogen (secondary N) is 1. The van der Waals surface area contributed by atoms with Crippen LogP contribution in [0.25, 0.3) is 5.70 Å². The van der Waals surface area contributed by atoms with Crippen LogP contribution in [0.4, 0.5) is 0 Å². The van der Waals surface area contributed by atoms with Gasteiger partial charge in [-0.25, -0.2) is 5.84 Å². The summed E-state index contributed by atoms with van der Waals surface area (Å²) < 4.78 is 5.45. The molecule has 1 amide bonds. The average Bonchev–Trinajstić information content (AvgIpc) is 2.73. The molecule has 0 saturated carbocycles. The monoisotopic (exact) mass is 412 g/mol. The molecule has 2 rings (SSSR count). The smallest absolute Gasteiger partial charge is 0.475 e. The van der Waals surface area contributed by atoms with E-state index in [-0.39, 0.29) is 25.3 Å². The van der Waals surface area contributed by atoms with Gasteiger partial charge in [-0.05, 0) is 36.6 Å². The molecule has 0 saturated heterocycles. The van der Waals surface area contributed by atoms with E-state index in [1.807, 2.05) is 61.5 Å². The Labute approximate surface area is 177 Å². The fourth-order valence-electron chi connectivity index (χ4n) is 2.87. The van der Waals surface area contributed by atoms with E-state index in [0.29, 0.717) is 18.1 Å². The van der Waals surface area contributed by atoms with E-state index in [2.05, 4.69) is 5.32 Å². The van der Waals surface area contributed by atoms with E-state index in [1.54, 1.807) is 6.20 Å². The molecule has 0 heterocycles. The number of hydrazine groups is 1. The molecule has 0 aliphatic rings. The van der Waals surface area contributed by atoms with Gasteiger partial charge in [-0.15, -0.1) is 0 Å². The molecule has 9 heteroatoms. The molecule has 7 N–H and O–H groups in total. The van der Waals surface area contributed by atoms with Crippen LogP contribution >= 0.6 is 0 Å². The Morgan fingerprint density at radius 3 is 2.63 bits per heavy atom. The van der Waals surface area contributed by atoms with Crippen LogP contribution in [0.3, 0.4) is 0 Å². The Balaban J connectivity index is 1.88. The Bertz CT molecular complexity index is 833. The lowest BCUT2D eigenvalue weighted by Gasteiger charge is -2.20. The van der Waals surface area contributed by atoms with Crippen LogP contribution in [-0.2, 0) is 11.2 Å². The second kappa shape index (κ2) is 11.9. The normalized spacial score (nSPS) is 12.2. The van der Waals surface area contributed by atoms with E-state index in [1.165, 1.54) is 5.01 Å². The summed E-state index contributed by atoms with van der Waals surface area (Å²) in [6, 6.07) is 16.6. The zero-order chi connectivity index (χ0) is 21.9. The van der Waals surface area contributed by atoms with Gasteiger partial charge in [-0.2, -0.15) is 0 Å². The van der Waals surface area contributed by atoms with Crippen molar-refractivity contribution in [3.63, 3.8) is 0 Å². The zero-order valence-corrected chi connectivity index (χ0v) is 17.1. The third-order valence-electron chi connectivity index (χ3n) is 4.38. The number of carbonyl (C=O) groups excluding carboxylic acids is 1. The van der Waals surface area contributed by atoms with Crippen molar-refractivity contribution < 1.29 is 19.6 Å². The van der Waals surface area contributed by atoms with Crippen LogP contribution in [-0.4, -0.2) is 47.2 Å². The van der Waals surface area contributed by atoms with Gasteiger partial charge in [0.2, 0.25) is 5.91 Å². The molecular weight excluding hydrogens is 383 g/mol. The van der Waals surface area contributed by atoms with Crippen molar-refractivity contribution in [2.24, 2.45) is 11.6 Å². The number of hydrogen-bond acceptors (Lipinski definition) is 7. The van der Waals surface area contributed by atoms with Crippen molar-refractivity contribution in [3.05, 3.63) is 71.9 Å². The molecule has 1 atom stereocenters. The fraction of sp³-hybridized carbons (Fsp3) is 0.286. The highest BCUT2D eigenvalue weighted by atomic mass is 16.5. The van der Waals surface area contributed by atoms with Crippen LogP contribution in [0.2, 0.25) is 0 Å². The Morgan fingerprint density at radius 2 is 1.97 bits per heavy atom. The van der Waals surface area contributed by atoms with Crippen molar-refractivity contribution in [2.45, 2.75) is 25.7 Å². The minimum Gasteiger partial charge on any atom is -0.494 e. The number of amides is 1. The lowest BCUT2D eigenvalue weighted by Crippen LogP contribution is -2.48. The summed E-state index contributed by atoms with van der Waals surface area (Å²) in [5.74, 6) is 5.39. The molecule has 160 valence electrons. The predicted molar refractivity (Wildman–Crippen MR) is 118 cm³/mol. The first-order valence-corrected chi connectivity index (χ1v) is 9.80. The predicted octanol–water partition coefficient (Wildman–Crippen LogP) is 0.648. The molecule has 1 unspecified atom stereocenters. The van der Waals surface area contributed by atoms with Gasteiger partial charge in [0.15, 0.2) is 0 Å². The summed E-state index contributed by atoms with van der Waals surface area (Å²) in [6.07, 6.45) is 1.87. The molecule has 8 nitrogen and oxygen atoms in total. The molecule has 0 fully saturated rings. The molecule has 0 aliphatic carbocycles. The highest BCUT2D eigenvalue weighted by molar-refractivity contribution is 6.43. The van der Waals surface area contributed by atoms with Gasteiger partial charge in [-0.3, -0.25) is 4.79 Å². The van der Waals surface area contributed by atoms with Gasteiger partial charge in [0.1, 0.15) is 5.75 Å². The molecule has 30 heavy (non-hydrogen) atoms. The maximum atomic E-state index is 12.3. The van der Waals surface area contributed by atoms with E-state index < -0.39 is 13.1 Å². The summed E-state index contributed by atoms with van der Waals surface area (Å²) in [7, 11) is -1.70. The van der Waals surface area contributed by atoms with Crippen LogP contribution in [0.15, 0.2) is 60.8 Å². The maximum absolute atomic E-state index is 12.3. The summed E-state index contributed by atoms with van der Waals surface area (Å²) in [5.41, 5.74) is 8.13. The Kier molecular flexibility index (Phi) is 9.21. The van der Waals surface area contributed by atoms with E-state index in [4.69, 9.17) is 16.3 Å². The third kappa shape index (κ3) is 7.78. The Hall–Kier alpha value is -3.01. The number of nitrogens with zero attached hydrogens (tertiary/aromatic N) is 1. The van der Waals surface area contributed by atoms with Gasteiger partial charge in [0.25, 0.3) is 0 Å². The summed E-state index contributed by atoms with van der Waals surface area (Å²) in [6.45, 7) is 2.63. The molecule has 0 aliphatic heterocycles. The highest BCUT2D eigenvalue weighted by Crippen LogP contribution is 2.15. The first-order chi connectivity index (χ1) is 14.4. The summed E-state index contributed by atoms with van der Waals surface area (Å²) >= 11 is 0. The highest BCUT2D eigenvalue weighted by Gasteiger charge is 2.25. The van der Waals surface area contributed by atoms with Crippen molar-refractivity contribution in [2.75, 3.05) is 13.2 Å². The largest absolute Gasteiger partial charge is 0.494 e. The van der Waals surface area contributed by atoms with Crippen LogP contribution in [0, 0.1) is 0 Å². The number of ether oxygens (including phenoxy) is 1. The lowest BCUT2D eigenvalue weighted by atomic mass is 9.76. The first kappa shape index (κ1) is 23.3. The SMILES string of the molecule is CCOc1cccc(CC(NC(=O)CCN(N)/C=C(\N)c2ccccc2)B(O)O)c1. The average molecular weight is 412 g/mol. The van der Waals surface area contributed by atoms with Crippen molar-refractivity contribution in [3.8, 4) is 5.75 Å². The van der Waals surface area contributed by atoms with Crippen LogP contribution < -0.4 is 21.6 Å². The van der Waals surface area contributed by atoms with Gasteiger partial charge < -0.3 is 30.8 Å². The zero-order valence-electron chi connectivity index (χ0n) is 17.1. The number of rotatable bonds is 11. The fourth-order valence-corrected chi connectivity index (χ4v) is 2.87. The standard InChI is InChI=1S/C21H29BN4O4/c1-2-30-18-10-6-7-16(13-18)14-20(22(28)29)25-21(27)11-12-26(24)15-19(23)17-8-4-3-5-9-17/h3-10,13,15,20,28-29H,2,11-12,14,23-24H2,1H3,(H,25,27)/b19-15-. The number of nitrogens with two attached hydrogens (primary N) is 2. The summed E-state index contributed by atoms with van der Waals surface area (Å²) in [4.78, 5) is 12.3. The second-order valence-electron chi connectivity index (χ2n) is 6.81. The van der Waals surface area contributed by atoms with Crippen molar-refractivity contribution >= 4 is 18.7 Å². The van der Waals surface area contributed by atoms with Gasteiger partial charge in [0, 0.05) is 19.2 Å². The quantitative estimate of drug-likeness (QED) is 0.208. The van der Waals surface area contributed by atoms with Crippen LogP contribution in [0.1, 0.15) is 24.5 Å². The van der Waals surface area contributed by atoms with E-state index in [9.17, 15) is 14.8 Å². The topological polar surface area (TPSA) is 134 Å². The third-order valence-corrected chi connectivity index (χ3v) is 4.38. The van der Waals surface area contributed by atoms with Gasteiger partial charge >= 0.3 is 7.12 Å². The molecule has 0 spiro atoms. The molecule has 0 aromatic heterocycles. The van der Waals surface area contributed by atoms with Gasteiger partial charge in [-0.1, -0.05) is 42.5 Å². The van der Waals surface area contributed by atoms with Crippen molar-refractivity contribution in [1.29, 1.82) is 0 Å². The molecule has 0 radical (unpaired) electrons. The van der Waals surface area contributed by atoms with Crippen molar-refractivity contribution in [1.82, 2.24) is 10.3 Å². The second-order valence-corrected chi connectivity index (χ2v) is 6.81. The minimum absolute atomic E-state index is 0.0667. The molecule has 2 aromatic rings. The van der Waals surface area contributed by atoms with E-state index in [0.717, 1.165) is 11.1 Å². The summed E-state index contributed by atoms with van der Waals surface area (Å²) in [5, 5.41) is 23.3. The Morgan fingerprint density at radius 1 is 1.23 bits per heavy atom. The minimum atomic E-state index is -1.70. The van der Waals surface area contributed by atoms with Crippen LogP contribution in [0.5, 0.6) is 5.75 Å². The van der Waals surface area contributed by atoms with Gasteiger partial charge in [0.05, 0.1) is 18.2 Å². The molecule has 2 aromatic carbocycles. The first-order valence-electron chi connectivity index (χ1n) is 9.80. The molecular formula is C21H29BN4O4. The molecule has 0 bridgehead atoms. The lowest BCUT2D eigenvalue weighted by molar-refractivity contribution is -0.121. The number of hydrogen-bond donors (Lipinski definition) is 5. The van der Waals surface area contributed by atoms with E-state index >= 15 is 0 Å². The number of benzene rings is 2. The number of carbonyl (C=O) groups is 1. The maximum Gasteiger partial charge on any atom is 0.475 e.